The molecule has 152 valence electrons. The number of benzene rings is 3. The van der Waals surface area contributed by atoms with Crippen LogP contribution < -0.4 is 10.2 Å². The quantitative estimate of drug-likeness (QED) is 0.627. The van der Waals surface area contributed by atoms with Crippen molar-refractivity contribution in [3.8, 4) is 0 Å². The molecule has 1 aliphatic rings. The fourth-order valence-corrected chi connectivity index (χ4v) is 3.81. The number of hydrogen-bond acceptors (Lipinski definition) is 2. The van der Waals surface area contributed by atoms with E-state index in [0.717, 1.165) is 28.1 Å². The van der Waals surface area contributed by atoms with Crippen molar-refractivity contribution in [2.75, 3.05) is 10.2 Å². The zero-order valence-corrected chi connectivity index (χ0v) is 17.3. The summed E-state index contributed by atoms with van der Waals surface area (Å²) in [7, 11) is 0. The molecule has 2 unspecified atom stereocenters. The fraction of sp³-hybridized carbons (Fsp3) is 0.231. The van der Waals surface area contributed by atoms with Crippen molar-refractivity contribution < 1.29 is 9.59 Å². The van der Waals surface area contributed by atoms with Gasteiger partial charge in [-0.1, -0.05) is 66.2 Å². The van der Waals surface area contributed by atoms with E-state index in [0.29, 0.717) is 13.0 Å². The zero-order chi connectivity index (χ0) is 21.1. The Hall–Kier alpha value is -3.40. The second-order valence-corrected chi connectivity index (χ2v) is 8.00. The molecule has 0 aliphatic heterocycles. The first-order chi connectivity index (χ1) is 14.5. The molecule has 1 N–H and O–H groups in total. The standard InChI is InChI=1S/C26H26N2O2/c1-18-13-14-24(19(2)15-18)27-25(29)22-16-23(22)26(30)28(21-11-7-4-8-12-21)17-20-9-5-3-6-10-20/h3-15,22-23H,16-17H2,1-2H3,(H,27,29). The Morgan fingerprint density at radius 3 is 2.23 bits per heavy atom. The van der Waals surface area contributed by atoms with Crippen LogP contribution in [0.4, 0.5) is 11.4 Å². The average Bonchev–Trinajstić information content (AvgIpc) is 3.56. The summed E-state index contributed by atoms with van der Waals surface area (Å²) in [6.07, 6.45) is 0.591. The normalized spacial score (nSPS) is 17.3. The summed E-state index contributed by atoms with van der Waals surface area (Å²) in [5.74, 6) is -0.626. The average molecular weight is 399 g/mol. The Bertz CT molecular complexity index is 1050. The first kappa shape index (κ1) is 19.9. The molecule has 0 aromatic heterocycles. The molecule has 1 aliphatic carbocycles. The maximum Gasteiger partial charge on any atom is 0.231 e. The SMILES string of the molecule is Cc1ccc(NC(=O)C2CC2C(=O)N(Cc2ccccc2)c2ccccc2)c(C)c1. The Morgan fingerprint density at radius 2 is 1.57 bits per heavy atom. The van der Waals surface area contributed by atoms with E-state index in [1.54, 1.807) is 4.90 Å². The summed E-state index contributed by atoms with van der Waals surface area (Å²) in [5.41, 5.74) is 4.91. The second-order valence-electron chi connectivity index (χ2n) is 8.00. The van der Waals surface area contributed by atoms with Gasteiger partial charge in [-0.3, -0.25) is 9.59 Å². The van der Waals surface area contributed by atoms with Gasteiger partial charge in [0.2, 0.25) is 11.8 Å². The van der Waals surface area contributed by atoms with Gasteiger partial charge in [-0.05, 0) is 49.6 Å². The van der Waals surface area contributed by atoms with Crippen LogP contribution in [-0.4, -0.2) is 11.8 Å². The van der Waals surface area contributed by atoms with Crippen LogP contribution in [0.15, 0.2) is 78.9 Å². The number of rotatable bonds is 6. The first-order valence-electron chi connectivity index (χ1n) is 10.3. The third kappa shape index (κ3) is 4.43. The number of amides is 2. The largest absolute Gasteiger partial charge is 0.326 e. The van der Waals surface area contributed by atoms with E-state index in [-0.39, 0.29) is 23.7 Å². The van der Waals surface area contributed by atoms with Crippen molar-refractivity contribution in [3.05, 3.63) is 95.6 Å². The van der Waals surface area contributed by atoms with E-state index >= 15 is 0 Å². The lowest BCUT2D eigenvalue weighted by Crippen LogP contribution is -2.33. The third-order valence-corrected chi connectivity index (χ3v) is 5.60. The predicted molar refractivity (Wildman–Crippen MR) is 120 cm³/mol. The van der Waals surface area contributed by atoms with Gasteiger partial charge in [-0.2, -0.15) is 0 Å². The van der Waals surface area contributed by atoms with E-state index in [2.05, 4.69) is 5.32 Å². The van der Waals surface area contributed by atoms with Crippen molar-refractivity contribution in [1.82, 2.24) is 0 Å². The minimum absolute atomic E-state index is 0.00540. The van der Waals surface area contributed by atoms with Gasteiger partial charge in [0.25, 0.3) is 0 Å². The molecule has 2 amide bonds. The van der Waals surface area contributed by atoms with Crippen molar-refractivity contribution >= 4 is 23.2 Å². The molecule has 0 heterocycles. The molecule has 0 saturated heterocycles. The van der Waals surface area contributed by atoms with Crippen molar-refractivity contribution in [2.24, 2.45) is 11.8 Å². The number of carbonyl (C=O) groups excluding carboxylic acids is 2. The van der Waals surface area contributed by atoms with Crippen molar-refractivity contribution in [1.29, 1.82) is 0 Å². The Morgan fingerprint density at radius 1 is 0.900 bits per heavy atom. The smallest absolute Gasteiger partial charge is 0.231 e. The first-order valence-corrected chi connectivity index (χ1v) is 10.3. The Kier molecular flexibility index (Phi) is 5.66. The molecule has 4 nitrogen and oxygen atoms in total. The summed E-state index contributed by atoms with van der Waals surface area (Å²) in [5, 5.41) is 3.00. The molecule has 3 aromatic carbocycles. The molecule has 3 aromatic rings. The van der Waals surface area contributed by atoms with Crippen LogP contribution in [0.2, 0.25) is 0 Å². The molecule has 0 spiro atoms. The highest BCUT2D eigenvalue weighted by Gasteiger charge is 2.49. The number of anilines is 2. The minimum atomic E-state index is -0.278. The van der Waals surface area contributed by atoms with Gasteiger partial charge in [-0.25, -0.2) is 0 Å². The summed E-state index contributed by atoms with van der Waals surface area (Å²) < 4.78 is 0. The second kappa shape index (κ2) is 8.54. The predicted octanol–water partition coefficient (Wildman–Crippen LogP) is 5.11. The van der Waals surface area contributed by atoms with Crippen LogP contribution in [0, 0.1) is 25.7 Å². The number of aryl methyl sites for hydroxylation is 2. The summed E-state index contributed by atoms with van der Waals surface area (Å²) >= 11 is 0. The van der Waals surface area contributed by atoms with E-state index in [1.165, 1.54) is 0 Å². The van der Waals surface area contributed by atoms with Crippen LogP contribution >= 0.6 is 0 Å². The minimum Gasteiger partial charge on any atom is -0.326 e. The maximum atomic E-state index is 13.3. The van der Waals surface area contributed by atoms with Gasteiger partial charge in [0, 0.05) is 11.4 Å². The number of carbonyl (C=O) groups is 2. The number of para-hydroxylation sites is 1. The maximum absolute atomic E-state index is 13.3. The van der Waals surface area contributed by atoms with Gasteiger partial charge in [0.05, 0.1) is 18.4 Å². The van der Waals surface area contributed by atoms with Crippen molar-refractivity contribution in [2.45, 2.75) is 26.8 Å². The van der Waals surface area contributed by atoms with Gasteiger partial charge in [-0.15, -0.1) is 0 Å². The van der Waals surface area contributed by atoms with Crippen LogP contribution in [0.3, 0.4) is 0 Å². The highest BCUT2D eigenvalue weighted by molar-refractivity contribution is 6.04. The van der Waals surface area contributed by atoms with Gasteiger partial charge < -0.3 is 10.2 Å². The third-order valence-electron chi connectivity index (χ3n) is 5.60. The highest BCUT2D eigenvalue weighted by Crippen LogP contribution is 2.42. The summed E-state index contributed by atoms with van der Waals surface area (Å²) in [6, 6.07) is 25.6. The number of hydrogen-bond donors (Lipinski definition) is 1. The zero-order valence-electron chi connectivity index (χ0n) is 17.3. The van der Waals surface area contributed by atoms with Gasteiger partial charge in [0.15, 0.2) is 0 Å². The molecule has 2 atom stereocenters. The van der Waals surface area contributed by atoms with E-state index in [1.807, 2.05) is 92.7 Å². The topological polar surface area (TPSA) is 49.4 Å². The van der Waals surface area contributed by atoms with Gasteiger partial charge in [0.1, 0.15) is 0 Å². The molecule has 1 saturated carbocycles. The molecular weight excluding hydrogens is 372 g/mol. The molecule has 4 rings (SSSR count). The lowest BCUT2D eigenvalue weighted by atomic mass is 10.1. The molecule has 4 heteroatoms. The van der Waals surface area contributed by atoms with Gasteiger partial charge >= 0.3 is 0 Å². The number of nitrogens with zero attached hydrogens (tertiary/aromatic N) is 1. The van der Waals surface area contributed by atoms with Crippen LogP contribution in [0.1, 0.15) is 23.1 Å². The van der Waals surface area contributed by atoms with E-state index < -0.39 is 0 Å². The van der Waals surface area contributed by atoms with Crippen LogP contribution in [0.25, 0.3) is 0 Å². The van der Waals surface area contributed by atoms with Crippen LogP contribution in [-0.2, 0) is 16.1 Å². The van der Waals surface area contributed by atoms with Crippen LogP contribution in [0.5, 0.6) is 0 Å². The number of nitrogens with one attached hydrogen (secondary N) is 1. The van der Waals surface area contributed by atoms with Crippen molar-refractivity contribution in [3.63, 3.8) is 0 Å². The molecular formula is C26H26N2O2. The van der Waals surface area contributed by atoms with E-state index in [4.69, 9.17) is 0 Å². The monoisotopic (exact) mass is 398 g/mol. The Labute approximate surface area is 177 Å². The lowest BCUT2D eigenvalue weighted by molar-refractivity contribution is -0.123. The summed E-state index contributed by atoms with van der Waals surface area (Å²) in [6.45, 7) is 4.50. The highest BCUT2D eigenvalue weighted by atomic mass is 16.2. The molecule has 1 fully saturated rings. The molecule has 0 bridgehead atoms. The lowest BCUT2D eigenvalue weighted by Gasteiger charge is -2.23. The molecule has 0 radical (unpaired) electrons. The molecule has 30 heavy (non-hydrogen) atoms. The fourth-order valence-electron chi connectivity index (χ4n) is 3.81. The summed E-state index contributed by atoms with van der Waals surface area (Å²) in [4.78, 5) is 27.9. The Balaban J connectivity index is 1.48. The van der Waals surface area contributed by atoms with E-state index in [9.17, 15) is 9.59 Å².